The summed E-state index contributed by atoms with van der Waals surface area (Å²) in [6.07, 6.45) is 1.46. The van der Waals surface area contributed by atoms with E-state index >= 15 is 0 Å². The van der Waals surface area contributed by atoms with Gasteiger partial charge in [-0.2, -0.15) is 5.26 Å². The maximum Gasteiger partial charge on any atom is 0.266 e. The minimum atomic E-state index is -0.524. The van der Waals surface area contributed by atoms with E-state index in [0.29, 0.717) is 51.2 Å². The Balaban J connectivity index is 1.70. The van der Waals surface area contributed by atoms with Gasteiger partial charge in [0.25, 0.3) is 5.91 Å². The smallest absolute Gasteiger partial charge is 0.266 e. The summed E-state index contributed by atoms with van der Waals surface area (Å²) >= 11 is 9.40. The summed E-state index contributed by atoms with van der Waals surface area (Å²) in [4.78, 5) is 12.8. The third-order valence-corrected chi connectivity index (χ3v) is 5.63. The number of ether oxygens (including phenoxy) is 3. The average molecular weight is 570 g/mol. The van der Waals surface area contributed by atoms with E-state index in [4.69, 9.17) is 25.8 Å². The first kappa shape index (κ1) is 27.1. The molecular weight excluding hydrogens is 544 g/mol. The zero-order chi connectivity index (χ0) is 26.1. The van der Waals surface area contributed by atoms with Gasteiger partial charge in [0.1, 0.15) is 24.0 Å². The highest BCUT2D eigenvalue weighted by atomic mass is 79.9. The summed E-state index contributed by atoms with van der Waals surface area (Å²) in [5.74, 6) is 1.23. The molecule has 0 aliphatic rings. The predicted octanol–water partition coefficient (Wildman–Crippen LogP) is 7.41. The summed E-state index contributed by atoms with van der Waals surface area (Å²) in [6, 6.07) is 19.8. The number of nitrogens with zero attached hydrogens (tertiary/aromatic N) is 1. The number of amides is 1. The molecule has 0 radical (unpaired) electrons. The number of nitrogens with one attached hydrogen (secondary N) is 1. The van der Waals surface area contributed by atoms with E-state index in [9.17, 15) is 10.1 Å². The second-order valence-electron chi connectivity index (χ2n) is 7.99. The highest BCUT2D eigenvalue weighted by molar-refractivity contribution is 9.10. The standard InChI is InChI=1S/C28H26BrClN2O4/c1-4-34-26-15-20(14-25(29)27(26)36-18(2)3)13-21(16-31)28(33)32-23-9-11-24(12-10-23)35-17-19-5-7-22(30)8-6-19/h5-15,18H,4,17H2,1-3H3,(H,32,33)/b21-13+. The van der Waals surface area contributed by atoms with Crippen LogP contribution in [0.1, 0.15) is 31.9 Å². The molecule has 6 nitrogen and oxygen atoms in total. The van der Waals surface area contributed by atoms with Gasteiger partial charge in [-0.1, -0.05) is 23.7 Å². The van der Waals surface area contributed by atoms with E-state index in [0.717, 1.165) is 5.56 Å². The fraction of sp³-hybridized carbons (Fsp3) is 0.214. The lowest BCUT2D eigenvalue weighted by molar-refractivity contribution is -0.112. The Hall–Kier alpha value is -3.47. The van der Waals surface area contributed by atoms with Crippen molar-refractivity contribution in [3.05, 3.63) is 86.9 Å². The molecule has 3 aromatic carbocycles. The lowest BCUT2D eigenvalue weighted by atomic mass is 10.1. The van der Waals surface area contributed by atoms with Crippen molar-refractivity contribution in [3.8, 4) is 23.3 Å². The van der Waals surface area contributed by atoms with Crippen LogP contribution in [0.25, 0.3) is 6.08 Å². The summed E-state index contributed by atoms with van der Waals surface area (Å²) in [5.41, 5.74) is 2.10. The lowest BCUT2D eigenvalue weighted by Gasteiger charge is -2.17. The Morgan fingerprint density at radius 3 is 2.42 bits per heavy atom. The van der Waals surface area contributed by atoms with Gasteiger partial charge in [0, 0.05) is 10.7 Å². The second-order valence-corrected chi connectivity index (χ2v) is 9.28. The van der Waals surface area contributed by atoms with Crippen molar-refractivity contribution in [1.82, 2.24) is 0 Å². The first-order chi connectivity index (χ1) is 17.3. The molecule has 3 aromatic rings. The molecule has 0 saturated heterocycles. The number of anilines is 1. The Labute approximate surface area is 224 Å². The SMILES string of the molecule is CCOc1cc(/C=C(\C#N)C(=O)Nc2ccc(OCc3ccc(Cl)cc3)cc2)cc(Br)c1OC(C)C. The molecule has 1 amide bonds. The number of benzene rings is 3. The van der Waals surface area contributed by atoms with Crippen LogP contribution < -0.4 is 19.5 Å². The van der Waals surface area contributed by atoms with Crippen molar-refractivity contribution in [2.45, 2.75) is 33.5 Å². The van der Waals surface area contributed by atoms with Crippen molar-refractivity contribution >= 4 is 45.2 Å². The van der Waals surface area contributed by atoms with Crippen molar-refractivity contribution in [2.75, 3.05) is 11.9 Å². The van der Waals surface area contributed by atoms with Gasteiger partial charge in [-0.05, 0) is 102 Å². The molecule has 3 rings (SSSR count). The highest BCUT2D eigenvalue weighted by Crippen LogP contribution is 2.38. The molecule has 0 aliphatic heterocycles. The fourth-order valence-corrected chi connectivity index (χ4v) is 3.86. The number of nitriles is 1. The van der Waals surface area contributed by atoms with Gasteiger partial charge in [0.2, 0.25) is 0 Å². The molecular formula is C28H26BrClN2O4. The van der Waals surface area contributed by atoms with Crippen LogP contribution in [-0.2, 0) is 11.4 Å². The molecule has 0 bridgehead atoms. The van der Waals surface area contributed by atoms with Crippen molar-refractivity contribution in [2.24, 2.45) is 0 Å². The van der Waals surface area contributed by atoms with E-state index in [1.54, 1.807) is 36.4 Å². The zero-order valence-corrected chi connectivity index (χ0v) is 22.5. The molecule has 0 atom stereocenters. The van der Waals surface area contributed by atoms with Gasteiger partial charge in [-0.25, -0.2) is 0 Å². The third kappa shape index (κ3) is 7.77. The largest absolute Gasteiger partial charge is 0.490 e. The van der Waals surface area contributed by atoms with Gasteiger partial charge in [0.15, 0.2) is 11.5 Å². The first-order valence-electron chi connectivity index (χ1n) is 11.3. The number of carbonyl (C=O) groups is 1. The summed E-state index contributed by atoms with van der Waals surface area (Å²) in [5, 5.41) is 13.0. The predicted molar refractivity (Wildman–Crippen MR) is 146 cm³/mol. The Morgan fingerprint density at radius 2 is 1.81 bits per heavy atom. The maximum absolute atomic E-state index is 12.8. The number of hydrogen-bond acceptors (Lipinski definition) is 5. The third-order valence-electron chi connectivity index (χ3n) is 4.79. The Bertz CT molecular complexity index is 1270. The van der Waals surface area contributed by atoms with Crippen LogP contribution in [0.3, 0.4) is 0 Å². The first-order valence-corrected chi connectivity index (χ1v) is 12.5. The van der Waals surface area contributed by atoms with E-state index in [-0.39, 0.29) is 11.7 Å². The molecule has 0 unspecified atom stereocenters. The van der Waals surface area contributed by atoms with E-state index < -0.39 is 5.91 Å². The quantitative estimate of drug-likeness (QED) is 0.203. The van der Waals surface area contributed by atoms with Crippen LogP contribution >= 0.6 is 27.5 Å². The normalized spacial score (nSPS) is 11.1. The molecule has 186 valence electrons. The minimum absolute atomic E-state index is 0.0448. The topological polar surface area (TPSA) is 80.6 Å². The van der Waals surface area contributed by atoms with E-state index in [1.807, 2.05) is 51.1 Å². The number of halogens is 2. The monoisotopic (exact) mass is 568 g/mol. The number of hydrogen-bond donors (Lipinski definition) is 1. The van der Waals surface area contributed by atoms with Gasteiger partial charge in [0.05, 0.1) is 17.2 Å². The van der Waals surface area contributed by atoms with Gasteiger partial charge in [-0.3, -0.25) is 4.79 Å². The lowest BCUT2D eigenvalue weighted by Crippen LogP contribution is -2.13. The van der Waals surface area contributed by atoms with E-state index in [2.05, 4.69) is 21.2 Å². The van der Waals surface area contributed by atoms with Crippen molar-refractivity contribution in [3.63, 3.8) is 0 Å². The highest BCUT2D eigenvalue weighted by Gasteiger charge is 2.15. The Morgan fingerprint density at radius 1 is 1.11 bits per heavy atom. The van der Waals surface area contributed by atoms with Gasteiger partial charge in [-0.15, -0.1) is 0 Å². The van der Waals surface area contributed by atoms with Gasteiger partial charge < -0.3 is 19.5 Å². The summed E-state index contributed by atoms with van der Waals surface area (Å²) < 4.78 is 18.0. The molecule has 36 heavy (non-hydrogen) atoms. The van der Waals surface area contributed by atoms with E-state index in [1.165, 1.54) is 6.08 Å². The van der Waals surface area contributed by atoms with Crippen LogP contribution in [0.2, 0.25) is 5.02 Å². The number of carbonyl (C=O) groups excluding carboxylic acids is 1. The van der Waals surface area contributed by atoms with Crippen LogP contribution in [0, 0.1) is 11.3 Å². The maximum atomic E-state index is 12.8. The van der Waals surface area contributed by atoms with Crippen LogP contribution in [0.4, 0.5) is 5.69 Å². The fourth-order valence-electron chi connectivity index (χ4n) is 3.18. The molecule has 0 fully saturated rings. The molecule has 1 N–H and O–H groups in total. The second kappa shape index (κ2) is 13.0. The van der Waals surface area contributed by atoms with Crippen molar-refractivity contribution < 1.29 is 19.0 Å². The summed E-state index contributed by atoms with van der Waals surface area (Å²) in [6.45, 7) is 6.56. The molecule has 0 heterocycles. The molecule has 0 saturated carbocycles. The van der Waals surface area contributed by atoms with Crippen molar-refractivity contribution in [1.29, 1.82) is 5.26 Å². The van der Waals surface area contributed by atoms with Gasteiger partial charge >= 0.3 is 0 Å². The summed E-state index contributed by atoms with van der Waals surface area (Å²) in [7, 11) is 0. The molecule has 0 aliphatic carbocycles. The average Bonchev–Trinajstić information content (AvgIpc) is 2.85. The van der Waals surface area contributed by atoms with Crippen LogP contribution in [0.15, 0.2) is 70.7 Å². The van der Waals surface area contributed by atoms with Crippen LogP contribution in [0.5, 0.6) is 17.2 Å². The molecule has 0 aromatic heterocycles. The van der Waals surface area contributed by atoms with Crippen LogP contribution in [-0.4, -0.2) is 18.6 Å². The minimum Gasteiger partial charge on any atom is -0.490 e. The molecule has 0 spiro atoms. The number of rotatable bonds is 10. The Kier molecular flexibility index (Phi) is 9.80. The molecule has 8 heteroatoms. The zero-order valence-electron chi connectivity index (χ0n) is 20.2.